The molecule has 0 aliphatic rings. The third kappa shape index (κ3) is 3.97. The Morgan fingerprint density at radius 3 is 2.62 bits per heavy atom. The van der Waals surface area contributed by atoms with Crippen LogP contribution >= 0.6 is 0 Å². The molecule has 0 spiro atoms. The Kier molecular flexibility index (Phi) is 4.85. The average molecular weight is 370 g/mol. The van der Waals surface area contributed by atoms with Crippen LogP contribution in [0.4, 0.5) is 0 Å². The molecule has 0 saturated carbocycles. The number of rotatable bonds is 5. The van der Waals surface area contributed by atoms with Crippen LogP contribution < -0.4 is 4.72 Å². The Morgan fingerprint density at radius 2 is 1.96 bits per heavy atom. The summed E-state index contributed by atoms with van der Waals surface area (Å²) in [4.78, 5) is 23.4. The highest BCUT2D eigenvalue weighted by Crippen LogP contribution is 2.20. The first-order valence-electron chi connectivity index (χ1n) is 7.92. The Labute approximate surface area is 151 Å². The van der Waals surface area contributed by atoms with E-state index in [1.807, 2.05) is 13.8 Å². The van der Waals surface area contributed by atoms with Gasteiger partial charge in [-0.1, -0.05) is 17.7 Å². The minimum atomic E-state index is -4.02. The number of aromatic nitrogens is 3. The van der Waals surface area contributed by atoms with Crippen molar-refractivity contribution in [3.63, 3.8) is 0 Å². The van der Waals surface area contributed by atoms with Crippen molar-refractivity contribution in [2.24, 2.45) is 0 Å². The summed E-state index contributed by atoms with van der Waals surface area (Å²) in [5.74, 6) is -0.687. The normalized spacial score (nSPS) is 11.3. The van der Waals surface area contributed by atoms with Gasteiger partial charge in [-0.15, -0.1) is 0 Å². The minimum absolute atomic E-state index is 0.0503. The number of sulfonamides is 1. The van der Waals surface area contributed by atoms with Crippen LogP contribution in [0.2, 0.25) is 0 Å². The molecule has 3 aromatic rings. The third-order valence-corrected chi connectivity index (χ3v) is 5.23. The number of amides is 1. The number of hydrogen-bond acceptors (Lipinski definition) is 5. The first-order chi connectivity index (χ1) is 12.3. The molecule has 2 heterocycles. The van der Waals surface area contributed by atoms with E-state index in [-0.39, 0.29) is 10.5 Å². The van der Waals surface area contributed by atoms with Crippen molar-refractivity contribution in [3.8, 4) is 0 Å². The van der Waals surface area contributed by atoms with Crippen molar-refractivity contribution < 1.29 is 13.2 Å². The van der Waals surface area contributed by atoms with Gasteiger partial charge in [0, 0.05) is 31.2 Å². The molecule has 0 atom stereocenters. The van der Waals surface area contributed by atoms with Gasteiger partial charge in [-0.05, 0) is 31.5 Å². The van der Waals surface area contributed by atoms with Gasteiger partial charge in [0.15, 0.2) is 0 Å². The monoisotopic (exact) mass is 370 g/mol. The molecule has 0 aliphatic heterocycles. The highest BCUT2D eigenvalue weighted by Gasteiger charge is 2.22. The lowest BCUT2D eigenvalue weighted by molar-refractivity contribution is 0.0981. The number of aryl methyl sites for hydroxylation is 2. The highest BCUT2D eigenvalue weighted by atomic mass is 32.2. The lowest BCUT2D eigenvalue weighted by Gasteiger charge is -2.12. The standard InChI is InChI=1S/C18H18N4O3S/c1-12-3-4-17(15(7-12)8-16-11-20-13(2)9-21-16)26(24,25)22-18(23)14-5-6-19-10-14/h3-7,9-11,19H,8H2,1-2H3,(H,22,23). The van der Waals surface area contributed by atoms with E-state index in [9.17, 15) is 13.2 Å². The number of carbonyl (C=O) groups excluding carboxylic acids is 1. The molecule has 134 valence electrons. The van der Waals surface area contributed by atoms with Crippen molar-refractivity contribution in [3.05, 3.63) is 77.1 Å². The van der Waals surface area contributed by atoms with Gasteiger partial charge in [0.2, 0.25) is 0 Å². The molecule has 7 nitrogen and oxygen atoms in total. The molecule has 0 radical (unpaired) electrons. The van der Waals surface area contributed by atoms with Crippen LogP contribution in [0.3, 0.4) is 0 Å². The number of hydrogen-bond donors (Lipinski definition) is 2. The molecule has 0 bridgehead atoms. The summed E-state index contributed by atoms with van der Waals surface area (Å²) in [5.41, 5.74) is 3.14. The van der Waals surface area contributed by atoms with Crippen LogP contribution in [0.25, 0.3) is 0 Å². The average Bonchev–Trinajstić information content (AvgIpc) is 3.11. The van der Waals surface area contributed by atoms with Crippen molar-refractivity contribution in [2.75, 3.05) is 0 Å². The van der Waals surface area contributed by atoms with Gasteiger partial charge in [0.05, 0.1) is 21.8 Å². The van der Waals surface area contributed by atoms with Crippen LogP contribution in [0, 0.1) is 13.8 Å². The summed E-state index contributed by atoms with van der Waals surface area (Å²) in [6, 6.07) is 6.47. The third-order valence-electron chi connectivity index (χ3n) is 3.80. The second-order valence-corrected chi connectivity index (χ2v) is 7.62. The van der Waals surface area contributed by atoms with Crippen molar-refractivity contribution in [1.29, 1.82) is 0 Å². The largest absolute Gasteiger partial charge is 0.367 e. The van der Waals surface area contributed by atoms with Crippen LogP contribution in [0.5, 0.6) is 0 Å². The number of nitrogens with one attached hydrogen (secondary N) is 2. The molecule has 26 heavy (non-hydrogen) atoms. The molecule has 0 aliphatic carbocycles. The molecule has 0 fully saturated rings. The zero-order valence-corrected chi connectivity index (χ0v) is 15.2. The van der Waals surface area contributed by atoms with Gasteiger partial charge in [0.25, 0.3) is 15.9 Å². The molecule has 0 saturated heterocycles. The summed E-state index contributed by atoms with van der Waals surface area (Å²) in [7, 11) is -4.02. The predicted molar refractivity (Wildman–Crippen MR) is 96.2 cm³/mol. The van der Waals surface area contributed by atoms with Gasteiger partial charge < -0.3 is 4.98 Å². The first kappa shape index (κ1) is 17.8. The Bertz CT molecular complexity index is 1030. The molecule has 0 unspecified atom stereocenters. The van der Waals surface area contributed by atoms with Crippen molar-refractivity contribution in [1.82, 2.24) is 19.7 Å². The van der Waals surface area contributed by atoms with E-state index in [0.29, 0.717) is 17.7 Å². The van der Waals surface area contributed by atoms with Gasteiger partial charge >= 0.3 is 0 Å². The lowest BCUT2D eigenvalue weighted by atomic mass is 10.1. The summed E-state index contributed by atoms with van der Waals surface area (Å²) in [5, 5.41) is 0. The molecule has 2 aromatic heterocycles. The van der Waals surface area contributed by atoms with Gasteiger partial charge in [-0.3, -0.25) is 14.8 Å². The topological polar surface area (TPSA) is 105 Å². The number of nitrogens with zero attached hydrogens (tertiary/aromatic N) is 2. The summed E-state index contributed by atoms with van der Waals surface area (Å²) >= 11 is 0. The molecule has 1 aromatic carbocycles. The van der Waals surface area contributed by atoms with E-state index < -0.39 is 15.9 Å². The fourth-order valence-corrected chi connectivity index (χ4v) is 3.71. The first-order valence-corrected chi connectivity index (χ1v) is 9.40. The number of H-pyrrole nitrogens is 1. The van der Waals surface area contributed by atoms with Crippen LogP contribution in [0.15, 0.2) is 53.9 Å². The van der Waals surface area contributed by atoms with Gasteiger partial charge in [-0.25, -0.2) is 13.1 Å². The number of carbonyl (C=O) groups is 1. The smallest absolute Gasteiger partial charge is 0.266 e. The summed E-state index contributed by atoms with van der Waals surface area (Å²) in [6.07, 6.45) is 6.53. The molecular formula is C18H18N4O3S. The molecular weight excluding hydrogens is 352 g/mol. The fraction of sp³-hybridized carbons (Fsp3) is 0.167. The maximum atomic E-state index is 12.7. The molecule has 2 N–H and O–H groups in total. The maximum Gasteiger partial charge on any atom is 0.266 e. The zero-order valence-electron chi connectivity index (χ0n) is 14.4. The molecule has 1 amide bonds. The molecule has 8 heteroatoms. The summed E-state index contributed by atoms with van der Waals surface area (Å²) < 4.78 is 27.6. The van der Waals surface area contributed by atoms with E-state index in [1.54, 1.807) is 30.7 Å². The van der Waals surface area contributed by atoms with E-state index in [4.69, 9.17) is 0 Å². The van der Waals surface area contributed by atoms with Gasteiger partial charge in [0.1, 0.15) is 0 Å². The zero-order chi connectivity index (χ0) is 18.7. The minimum Gasteiger partial charge on any atom is -0.367 e. The van der Waals surface area contributed by atoms with Crippen molar-refractivity contribution >= 4 is 15.9 Å². The maximum absolute atomic E-state index is 12.7. The van der Waals surface area contributed by atoms with E-state index in [0.717, 1.165) is 11.3 Å². The van der Waals surface area contributed by atoms with E-state index in [1.165, 1.54) is 18.3 Å². The molecule has 3 rings (SSSR count). The SMILES string of the molecule is Cc1ccc(S(=O)(=O)NC(=O)c2cc[nH]c2)c(Cc2cnc(C)cn2)c1. The lowest BCUT2D eigenvalue weighted by Crippen LogP contribution is -2.31. The van der Waals surface area contributed by atoms with Crippen LogP contribution in [-0.4, -0.2) is 29.3 Å². The number of benzene rings is 1. The van der Waals surface area contributed by atoms with Crippen LogP contribution in [0.1, 0.15) is 32.9 Å². The highest BCUT2D eigenvalue weighted by molar-refractivity contribution is 7.90. The fourth-order valence-electron chi connectivity index (χ4n) is 2.52. The van der Waals surface area contributed by atoms with E-state index >= 15 is 0 Å². The quantitative estimate of drug-likeness (QED) is 0.716. The van der Waals surface area contributed by atoms with Crippen molar-refractivity contribution in [2.45, 2.75) is 25.2 Å². The van der Waals surface area contributed by atoms with E-state index in [2.05, 4.69) is 19.7 Å². The Balaban J connectivity index is 1.93. The second kappa shape index (κ2) is 7.09. The summed E-state index contributed by atoms with van der Waals surface area (Å²) in [6.45, 7) is 3.70. The van der Waals surface area contributed by atoms with Gasteiger partial charge in [-0.2, -0.15) is 0 Å². The Hall–Kier alpha value is -3.00. The predicted octanol–water partition coefficient (Wildman–Crippen LogP) is 2.13. The second-order valence-electron chi connectivity index (χ2n) is 5.97. The number of aromatic amines is 1. The Morgan fingerprint density at radius 1 is 1.15 bits per heavy atom. The van der Waals surface area contributed by atoms with Crippen LogP contribution in [-0.2, 0) is 16.4 Å².